The molecule has 0 atom stereocenters. The predicted molar refractivity (Wildman–Crippen MR) is 153 cm³/mol. The Labute approximate surface area is 229 Å². The first kappa shape index (κ1) is 28.1. The average Bonchev–Trinajstić information content (AvgIpc) is 3.54. The maximum atomic E-state index is 6.65. The van der Waals surface area contributed by atoms with Crippen molar-refractivity contribution in [2.75, 3.05) is 91.4 Å². The molecular formula is C27H38ClN7O3. The molecule has 2 N–H and O–H groups in total. The Morgan fingerprint density at radius 3 is 2.42 bits per heavy atom. The van der Waals surface area contributed by atoms with E-state index in [0.717, 1.165) is 68.9 Å². The van der Waals surface area contributed by atoms with E-state index in [2.05, 4.69) is 37.4 Å². The molecule has 2 aromatic heterocycles. The second-order valence-electron chi connectivity index (χ2n) is 9.32. The van der Waals surface area contributed by atoms with E-state index in [1.165, 1.54) is 12.8 Å². The topological polar surface area (TPSA) is 96.9 Å². The van der Waals surface area contributed by atoms with Crippen molar-refractivity contribution in [3.05, 3.63) is 29.4 Å². The van der Waals surface area contributed by atoms with Crippen LogP contribution in [0.15, 0.2) is 24.4 Å². The number of fused-ring (bicyclic) bond motifs is 1. The number of hydrogen-bond acceptors (Lipinski definition) is 10. The Morgan fingerprint density at radius 1 is 1.03 bits per heavy atom. The minimum Gasteiger partial charge on any atom is -0.497 e. The summed E-state index contributed by atoms with van der Waals surface area (Å²) in [5.74, 6) is 2.40. The van der Waals surface area contributed by atoms with Crippen molar-refractivity contribution in [2.24, 2.45) is 0 Å². The molecule has 1 aromatic carbocycles. The first-order valence-corrected chi connectivity index (χ1v) is 13.4. The van der Waals surface area contributed by atoms with E-state index >= 15 is 0 Å². The van der Waals surface area contributed by atoms with Gasteiger partial charge in [0.1, 0.15) is 17.0 Å². The summed E-state index contributed by atoms with van der Waals surface area (Å²) in [5, 5.41) is 7.83. The Morgan fingerprint density at radius 2 is 1.79 bits per heavy atom. The van der Waals surface area contributed by atoms with Gasteiger partial charge in [0.05, 0.1) is 24.9 Å². The van der Waals surface area contributed by atoms with Crippen molar-refractivity contribution in [1.82, 2.24) is 24.8 Å². The molecule has 2 aliphatic heterocycles. The summed E-state index contributed by atoms with van der Waals surface area (Å²) in [5.41, 5.74) is 2.16. The van der Waals surface area contributed by atoms with E-state index in [1.54, 1.807) is 33.5 Å². The van der Waals surface area contributed by atoms with Crippen molar-refractivity contribution < 1.29 is 14.2 Å². The monoisotopic (exact) mass is 543 g/mol. The van der Waals surface area contributed by atoms with Gasteiger partial charge in [-0.05, 0) is 32.0 Å². The molecule has 0 bridgehead atoms. The van der Waals surface area contributed by atoms with Gasteiger partial charge in [-0.2, -0.15) is 0 Å². The largest absolute Gasteiger partial charge is 0.497 e. The normalized spacial score (nSPS) is 16.1. The molecule has 0 radical (unpaired) electrons. The van der Waals surface area contributed by atoms with Crippen molar-refractivity contribution in [3.63, 3.8) is 0 Å². The number of aromatic nitrogens is 3. The molecule has 5 rings (SSSR count). The van der Waals surface area contributed by atoms with Crippen LogP contribution in [-0.2, 0) is 4.74 Å². The van der Waals surface area contributed by atoms with E-state index in [9.17, 15) is 0 Å². The summed E-state index contributed by atoms with van der Waals surface area (Å²) in [7, 11) is 7.15. The van der Waals surface area contributed by atoms with Gasteiger partial charge in [0.2, 0.25) is 5.95 Å². The van der Waals surface area contributed by atoms with Gasteiger partial charge in [0.15, 0.2) is 5.82 Å². The Bertz CT molecular complexity index is 1190. The fraction of sp³-hybridized carbons (Fsp3) is 0.519. The molecule has 2 fully saturated rings. The third-order valence-corrected chi connectivity index (χ3v) is 7.07. The SMILES string of the molecule is C1CCOC1.CNc1ncc2cc(-c3cc(OC)cc(OC)c3Cl)nc(NCCN3CCN(C)CC3)c2n1. The maximum absolute atomic E-state index is 6.65. The fourth-order valence-electron chi connectivity index (χ4n) is 4.36. The van der Waals surface area contributed by atoms with Gasteiger partial charge < -0.3 is 29.7 Å². The number of ether oxygens (including phenoxy) is 3. The van der Waals surface area contributed by atoms with Crippen LogP contribution in [0.3, 0.4) is 0 Å². The van der Waals surface area contributed by atoms with Crippen LogP contribution in [0, 0.1) is 0 Å². The predicted octanol–water partition coefficient (Wildman–Crippen LogP) is 3.86. The lowest BCUT2D eigenvalue weighted by molar-refractivity contribution is 0.158. The zero-order valence-electron chi connectivity index (χ0n) is 22.7. The van der Waals surface area contributed by atoms with E-state index in [4.69, 9.17) is 30.8 Å². The Kier molecular flexibility index (Phi) is 10.2. The number of nitrogens with one attached hydrogen (secondary N) is 2. The van der Waals surface area contributed by atoms with Crippen LogP contribution in [0.5, 0.6) is 11.5 Å². The van der Waals surface area contributed by atoms with Crippen LogP contribution >= 0.6 is 11.6 Å². The molecule has 2 aliphatic rings. The molecule has 2 saturated heterocycles. The molecule has 0 saturated carbocycles. The molecule has 11 heteroatoms. The van der Waals surface area contributed by atoms with Gasteiger partial charge in [-0.3, -0.25) is 4.90 Å². The number of hydrogen-bond donors (Lipinski definition) is 2. The van der Waals surface area contributed by atoms with Gasteiger partial charge in [-0.25, -0.2) is 15.0 Å². The second kappa shape index (κ2) is 13.7. The summed E-state index contributed by atoms with van der Waals surface area (Å²) in [6.45, 7) is 7.99. The Balaban J connectivity index is 0.000000603. The smallest absolute Gasteiger partial charge is 0.223 e. The van der Waals surface area contributed by atoms with E-state index in [0.29, 0.717) is 34.0 Å². The molecule has 4 heterocycles. The van der Waals surface area contributed by atoms with Gasteiger partial charge in [-0.1, -0.05) is 11.6 Å². The quantitative estimate of drug-likeness (QED) is 0.436. The van der Waals surface area contributed by atoms with Gasteiger partial charge in [-0.15, -0.1) is 0 Å². The van der Waals surface area contributed by atoms with E-state index < -0.39 is 0 Å². The Hall–Kier alpha value is -2.92. The molecule has 3 aromatic rings. The highest BCUT2D eigenvalue weighted by molar-refractivity contribution is 6.34. The molecule has 0 unspecified atom stereocenters. The summed E-state index contributed by atoms with van der Waals surface area (Å²) in [6, 6.07) is 5.54. The van der Waals surface area contributed by atoms with E-state index in [-0.39, 0.29) is 0 Å². The van der Waals surface area contributed by atoms with Crippen molar-refractivity contribution in [1.29, 1.82) is 0 Å². The van der Waals surface area contributed by atoms with E-state index in [1.807, 2.05) is 12.1 Å². The standard InChI is InChI=1S/C23H30ClN7O2.C4H8O/c1-25-23-27-14-15-11-18(17-12-16(32-3)13-19(33-4)20(17)24)28-22(21(15)29-23)26-5-6-31-9-7-30(2)8-10-31;1-2-4-5-3-1/h11-14H,5-10H2,1-4H3,(H,26,28)(H,25,27,29);1-4H2. The number of nitrogens with zero attached hydrogens (tertiary/aromatic N) is 5. The number of pyridine rings is 1. The molecular weight excluding hydrogens is 506 g/mol. The molecule has 0 aliphatic carbocycles. The number of likely N-dealkylation sites (N-methyl/N-ethyl adjacent to an activating group) is 1. The van der Waals surface area contributed by atoms with Crippen LogP contribution in [0.2, 0.25) is 5.02 Å². The van der Waals surface area contributed by atoms with Crippen LogP contribution in [0.1, 0.15) is 12.8 Å². The number of halogens is 1. The molecule has 38 heavy (non-hydrogen) atoms. The minimum absolute atomic E-state index is 0.473. The van der Waals surface area contributed by atoms with Crippen LogP contribution in [0.25, 0.3) is 22.2 Å². The van der Waals surface area contributed by atoms with Crippen molar-refractivity contribution >= 4 is 34.3 Å². The lowest BCUT2D eigenvalue weighted by atomic mass is 10.1. The molecule has 10 nitrogen and oxygen atoms in total. The highest BCUT2D eigenvalue weighted by atomic mass is 35.5. The molecule has 0 spiro atoms. The van der Waals surface area contributed by atoms with Crippen molar-refractivity contribution in [3.8, 4) is 22.8 Å². The third kappa shape index (κ3) is 7.13. The highest BCUT2D eigenvalue weighted by Gasteiger charge is 2.18. The minimum atomic E-state index is 0.473. The lowest BCUT2D eigenvalue weighted by Gasteiger charge is -2.32. The summed E-state index contributed by atoms with van der Waals surface area (Å²) in [6.07, 6.45) is 4.34. The summed E-state index contributed by atoms with van der Waals surface area (Å²) in [4.78, 5) is 18.7. The molecule has 0 amide bonds. The number of rotatable bonds is 8. The average molecular weight is 544 g/mol. The van der Waals surface area contributed by atoms with Gasteiger partial charge in [0, 0.05) is 82.7 Å². The zero-order chi connectivity index (χ0) is 26.9. The lowest BCUT2D eigenvalue weighted by Crippen LogP contribution is -2.45. The van der Waals surface area contributed by atoms with Crippen LogP contribution in [-0.4, -0.2) is 106 Å². The second-order valence-corrected chi connectivity index (χ2v) is 9.70. The number of anilines is 2. The first-order chi connectivity index (χ1) is 18.5. The summed E-state index contributed by atoms with van der Waals surface area (Å²) >= 11 is 6.65. The van der Waals surface area contributed by atoms with Gasteiger partial charge in [0.25, 0.3) is 0 Å². The van der Waals surface area contributed by atoms with Gasteiger partial charge >= 0.3 is 0 Å². The number of methoxy groups -OCH3 is 2. The maximum Gasteiger partial charge on any atom is 0.223 e. The first-order valence-electron chi connectivity index (χ1n) is 13.0. The third-order valence-electron chi connectivity index (χ3n) is 6.68. The van der Waals surface area contributed by atoms with Crippen LogP contribution < -0.4 is 20.1 Å². The zero-order valence-corrected chi connectivity index (χ0v) is 23.5. The van der Waals surface area contributed by atoms with Crippen LogP contribution in [0.4, 0.5) is 11.8 Å². The van der Waals surface area contributed by atoms with Crippen molar-refractivity contribution in [2.45, 2.75) is 12.8 Å². The summed E-state index contributed by atoms with van der Waals surface area (Å²) < 4.78 is 15.8. The number of benzene rings is 1. The number of piperazine rings is 1. The fourth-order valence-corrected chi connectivity index (χ4v) is 4.64. The highest BCUT2D eigenvalue weighted by Crippen LogP contribution is 2.39. The molecule has 206 valence electrons.